The third kappa shape index (κ3) is 3.08. The summed E-state index contributed by atoms with van der Waals surface area (Å²) < 4.78 is 5.53. The van der Waals surface area contributed by atoms with Crippen LogP contribution in [0.1, 0.15) is 47.2 Å². The number of amides is 1. The second-order valence-electron chi connectivity index (χ2n) is 5.71. The summed E-state index contributed by atoms with van der Waals surface area (Å²) in [4.78, 5) is 25.0. The van der Waals surface area contributed by atoms with E-state index in [9.17, 15) is 9.59 Å². The molecule has 0 aromatic heterocycles. The van der Waals surface area contributed by atoms with Crippen LogP contribution in [0.5, 0.6) is 0 Å². The third-order valence-corrected chi connectivity index (χ3v) is 4.23. The van der Waals surface area contributed by atoms with Gasteiger partial charge in [0.05, 0.1) is 11.7 Å². The first-order chi connectivity index (χ1) is 10.1. The van der Waals surface area contributed by atoms with Crippen molar-refractivity contribution in [1.82, 2.24) is 4.90 Å². The maximum absolute atomic E-state index is 12.2. The minimum absolute atomic E-state index is 0.124. The van der Waals surface area contributed by atoms with E-state index in [1.165, 1.54) is 0 Å². The Morgan fingerprint density at radius 3 is 2.81 bits per heavy atom. The van der Waals surface area contributed by atoms with Gasteiger partial charge in [0.25, 0.3) is 0 Å². The minimum Gasteiger partial charge on any atom is -0.478 e. The van der Waals surface area contributed by atoms with E-state index < -0.39 is 5.97 Å². The fraction of sp³-hybridized carbons (Fsp3) is 0.500. The van der Waals surface area contributed by atoms with Crippen molar-refractivity contribution in [1.29, 1.82) is 0 Å². The van der Waals surface area contributed by atoms with Gasteiger partial charge in [-0.15, -0.1) is 0 Å². The number of carbonyl (C=O) groups excluding carboxylic acids is 1. The number of ether oxygens (including phenoxy) is 1. The molecule has 21 heavy (non-hydrogen) atoms. The number of aromatic carboxylic acids is 1. The zero-order valence-electron chi connectivity index (χ0n) is 11.9. The number of carboxylic acids is 1. The number of carbonyl (C=O) groups is 2. The van der Waals surface area contributed by atoms with Crippen LogP contribution < -0.4 is 0 Å². The molecule has 1 amide bonds. The Morgan fingerprint density at radius 1 is 1.29 bits per heavy atom. The molecule has 0 saturated carbocycles. The topological polar surface area (TPSA) is 66.8 Å². The van der Waals surface area contributed by atoms with Crippen LogP contribution in [0.15, 0.2) is 18.2 Å². The van der Waals surface area contributed by atoms with Gasteiger partial charge in [0.15, 0.2) is 0 Å². The second-order valence-corrected chi connectivity index (χ2v) is 5.71. The predicted molar refractivity (Wildman–Crippen MR) is 75.9 cm³/mol. The van der Waals surface area contributed by atoms with Crippen molar-refractivity contribution in [3.8, 4) is 0 Å². The molecule has 1 aromatic rings. The van der Waals surface area contributed by atoms with Crippen LogP contribution in [0.3, 0.4) is 0 Å². The van der Waals surface area contributed by atoms with Crippen LogP contribution in [-0.2, 0) is 22.6 Å². The summed E-state index contributed by atoms with van der Waals surface area (Å²) in [7, 11) is 0. The zero-order chi connectivity index (χ0) is 14.8. The fourth-order valence-corrected chi connectivity index (χ4v) is 3.02. The van der Waals surface area contributed by atoms with Crippen LogP contribution >= 0.6 is 0 Å². The number of carboxylic acid groups (broad SMARTS) is 1. The highest BCUT2D eigenvalue weighted by atomic mass is 16.5. The van der Waals surface area contributed by atoms with Crippen LogP contribution in [0, 0.1) is 0 Å². The third-order valence-electron chi connectivity index (χ3n) is 4.23. The standard InChI is InChI=1S/C16H19NO4/c18-15(6-5-14-2-1-7-21-14)17-9-12-4-3-11(16(19)20)8-13(12)10-17/h3-4,8,14H,1-2,5-7,9-10H2,(H,19,20). The molecule has 1 aromatic carbocycles. The van der Waals surface area contributed by atoms with Gasteiger partial charge < -0.3 is 14.7 Å². The quantitative estimate of drug-likeness (QED) is 0.922. The smallest absolute Gasteiger partial charge is 0.335 e. The van der Waals surface area contributed by atoms with Gasteiger partial charge in [-0.25, -0.2) is 4.79 Å². The fourth-order valence-electron chi connectivity index (χ4n) is 3.02. The SMILES string of the molecule is O=C(O)c1ccc2c(c1)CN(C(=O)CCC1CCCO1)C2. The van der Waals surface area contributed by atoms with Gasteiger partial charge in [0.1, 0.15) is 0 Å². The van der Waals surface area contributed by atoms with Gasteiger partial charge in [0, 0.05) is 26.1 Å². The van der Waals surface area contributed by atoms with E-state index in [1.54, 1.807) is 17.0 Å². The molecule has 2 aliphatic heterocycles. The van der Waals surface area contributed by atoms with Crippen LogP contribution in [-0.4, -0.2) is 34.6 Å². The molecule has 5 heteroatoms. The summed E-state index contributed by atoms with van der Waals surface area (Å²) in [6, 6.07) is 5.08. The molecule has 1 atom stereocenters. The molecular weight excluding hydrogens is 270 g/mol. The molecular formula is C16H19NO4. The summed E-state index contributed by atoms with van der Waals surface area (Å²) >= 11 is 0. The average molecular weight is 289 g/mol. The molecule has 0 bridgehead atoms. The summed E-state index contributed by atoms with van der Waals surface area (Å²) in [5.41, 5.74) is 2.27. The lowest BCUT2D eigenvalue weighted by Crippen LogP contribution is -2.26. The highest BCUT2D eigenvalue weighted by molar-refractivity contribution is 5.88. The molecule has 0 spiro atoms. The molecule has 1 saturated heterocycles. The number of hydrogen-bond donors (Lipinski definition) is 1. The zero-order valence-corrected chi connectivity index (χ0v) is 11.9. The normalized spacial score (nSPS) is 20.6. The molecule has 1 fully saturated rings. The Kier molecular flexibility index (Phi) is 3.92. The van der Waals surface area contributed by atoms with E-state index in [1.807, 2.05) is 6.07 Å². The lowest BCUT2D eigenvalue weighted by molar-refractivity contribution is -0.132. The maximum atomic E-state index is 12.2. The van der Waals surface area contributed by atoms with Crippen LogP contribution in [0.25, 0.3) is 0 Å². The largest absolute Gasteiger partial charge is 0.478 e. The van der Waals surface area contributed by atoms with Gasteiger partial charge in [-0.2, -0.15) is 0 Å². The predicted octanol–water partition coefficient (Wildman–Crippen LogP) is 2.19. The molecule has 3 rings (SSSR count). The van der Waals surface area contributed by atoms with Crippen molar-refractivity contribution in [2.45, 2.75) is 44.9 Å². The average Bonchev–Trinajstić information content (AvgIpc) is 3.12. The molecule has 5 nitrogen and oxygen atoms in total. The Balaban J connectivity index is 1.58. The molecule has 112 valence electrons. The molecule has 0 aliphatic carbocycles. The summed E-state index contributed by atoms with van der Waals surface area (Å²) in [5, 5.41) is 9.00. The van der Waals surface area contributed by atoms with Crippen molar-refractivity contribution in [3.63, 3.8) is 0 Å². The number of nitrogens with zero attached hydrogens (tertiary/aromatic N) is 1. The van der Waals surface area contributed by atoms with Gasteiger partial charge in [0.2, 0.25) is 5.91 Å². The summed E-state index contributed by atoms with van der Waals surface area (Å²) in [6.45, 7) is 1.91. The highest BCUT2D eigenvalue weighted by Crippen LogP contribution is 2.25. The number of rotatable bonds is 4. The Morgan fingerprint density at radius 2 is 2.10 bits per heavy atom. The maximum Gasteiger partial charge on any atom is 0.335 e. The molecule has 1 unspecified atom stereocenters. The van der Waals surface area contributed by atoms with Crippen molar-refractivity contribution in [2.75, 3.05) is 6.61 Å². The number of hydrogen-bond acceptors (Lipinski definition) is 3. The number of benzene rings is 1. The van der Waals surface area contributed by atoms with Gasteiger partial charge in [-0.3, -0.25) is 4.79 Å². The minimum atomic E-state index is -0.930. The first kappa shape index (κ1) is 14.1. The van der Waals surface area contributed by atoms with E-state index in [0.717, 1.165) is 37.0 Å². The molecule has 0 radical (unpaired) electrons. The van der Waals surface area contributed by atoms with E-state index in [-0.39, 0.29) is 17.6 Å². The number of fused-ring (bicyclic) bond motifs is 1. The monoisotopic (exact) mass is 289 g/mol. The van der Waals surface area contributed by atoms with Crippen molar-refractivity contribution in [3.05, 3.63) is 34.9 Å². The summed E-state index contributed by atoms with van der Waals surface area (Å²) in [5.74, 6) is -0.806. The molecule has 2 aliphatic rings. The van der Waals surface area contributed by atoms with Crippen LogP contribution in [0.4, 0.5) is 0 Å². The van der Waals surface area contributed by atoms with Crippen molar-refractivity contribution >= 4 is 11.9 Å². The van der Waals surface area contributed by atoms with Crippen molar-refractivity contribution in [2.24, 2.45) is 0 Å². The van der Waals surface area contributed by atoms with E-state index in [2.05, 4.69) is 0 Å². The lowest BCUT2D eigenvalue weighted by Gasteiger charge is -2.16. The first-order valence-electron chi connectivity index (χ1n) is 7.38. The molecule has 1 N–H and O–H groups in total. The Bertz CT molecular complexity index is 563. The van der Waals surface area contributed by atoms with E-state index >= 15 is 0 Å². The van der Waals surface area contributed by atoms with Gasteiger partial charge in [-0.1, -0.05) is 6.07 Å². The second kappa shape index (κ2) is 5.85. The first-order valence-corrected chi connectivity index (χ1v) is 7.38. The van der Waals surface area contributed by atoms with Gasteiger partial charge in [-0.05, 0) is 42.5 Å². The highest BCUT2D eigenvalue weighted by Gasteiger charge is 2.25. The lowest BCUT2D eigenvalue weighted by atomic mass is 10.1. The van der Waals surface area contributed by atoms with E-state index in [4.69, 9.17) is 9.84 Å². The van der Waals surface area contributed by atoms with E-state index in [0.29, 0.717) is 19.5 Å². The van der Waals surface area contributed by atoms with Gasteiger partial charge >= 0.3 is 5.97 Å². The molecule has 2 heterocycles. The Labute approximate surface area is 123 Å². The summed E-state index contributed by atoms with van der Waals surface area (Å²) in [6.07, 6.45) is 3.66. The van der Waals surface area contributed by atoms with Crippen molar-refractivity contribution < 1.29 is 19.4 Å². The van der Waals surface area contributed by atoms with Crippen LogP contribution in [0.2, 0.25) is 0 Å². The Hall–Kier alpha value is -1.88.